The summed E-state index contributed by atoms with van der Waals surface area (Å²) in [4.78, 5) is 2.41. The third-order valence-corrected chi connectivity index (χ3v) is 3.45. The van der Waals surface area contributed by atoms with Crippen molar-refractivity contribution < 1.29 is 0 Å². The second-order valence-electron chi connectivity index (χ2n) is 4.94. The quantitative estimate of drug-likeness (QED) is 0.819. The molecule has 0 saturated carbocycles. The number of nitrogens with two attached hydrogens (primary N) is 1. The van der Waals surface area contributed by atoms with Gasteiger partial charge < -0.3 is 10.6 Å². The molecule has 0 unspecified atom stereocenters. The fourth-order valence-electron chi connectivity index (χ4n) is 2.63. The summed E-state index contributed by atoms with van der Waals surface area (Å²) >= 11 is 0. The van der Waals surface area contributed by atoms with Crippen LogP contribution in [0.4, 0.5) is 11.4 Å². The van der Waals surface area contributed by atoms with Crippen LogP contribution in [0.3, 0.4) is 0 Å². The van der Waals surface area contributed by atoms with Gasteiger partial charge in [0.15, 0.2) is 0 Å². The largest absolute Gasteiger partial charge is 0.399 e. The number of nitrogens with zero attached hydrogens (tertiary/aromatic N) is 3. The Bertz CT molecular complexity index is 559. The minimum absolute atomic E-state index is 0.858. The summed E-state index contributed by atoms with van der Waals surface area (Å²) in [5.74, 6) is 0. The number of nitrogen functional groups attached to an aromatic ring is 1. The number of hydrogen-bond donors (Lipinski definition) is 1. The minimum Gasteiger partial charge on any atom is -0.399 e. The number of benzene rings is 1. The lowest BCUT2D eigenvalue weighted by molar-refractivity contribution is 0.690. The highest BCUT2D eigenvalue weighted by Gasteiger charge is 2.17. The Balaban J connectivity index is 1.87. The van der Waals surface area contributed by atoms with Gasteiger partial charge in [-0.2, -0.15) is 5.10 Å². The van der Waals surface area contributed by atoms with Crippen molar-refractivity contribution in [2.45, 2.75) is 19.4 Å². The zero-order chi connectivity index (χ0) is 12.5. The number of rotatable bonds is 2. The summed E-state index contributed by atoms with van der Waals surface area (Å²) < 4.78 is 1.85. The van der Waals surface area contributed by atoms with Gasteiger partial charge in [-0.1, -0.05) is 0 Å². The second kappa shape index (κ2) is 4.37. The van der Waals surface area contributed by atoms with Gasteiger partial charge in [-0.3, -0.25) is 4.68 Å². The third kappa shape index (κ3) is 2.06. The van der Waals surface area contributed by atoms with Gasteiger partial charge in [0.2, 0.25) is 0 Å². The van der Waals surface area contributed by atoms with Crippen LogP contribution < -0.4 is 10.6 Å². The molecule has 3 rings (SSSR count). The highest BCUT2D eigenvalue weighted by atomic mass is 15.2. The molecule has 0 radical (unpaired) electrons. The van der Waals surface area contributed by atoms with Gasteiger partial charge in [-0.25, -0.2) is 0 Å². The molecule has 0 atom stereocenters. The average Bonchev–Trinajstić information content (AvgIpc) is 2.75. The van der Waals surface area contributed by atoms with E-state index in [1.54, 1.807) is 0 Å². The molecule has 2 N–H and O–H groups in total. The third-order valence-electron chi connectivity index (χ3n) is 3.45. The van der Waals surface area contributed by atoms with Crippen LogP contribution in [0.25, 0.3) is 0 Å². The maximum atomic E-state index is 5.85. The van der Waals surface area contributed by atoms with Crippen LogP contribution in [-0.4, -0.2) is 16.3 Å². The van der Waals surface area contributed by atoms with Gasteiger partial charge in [-0.15, -0.1) is 0 Å². The summed E-state index contributed by atoms with van der Waals surface area (Å²) in [6.45, 7) is 2.02. The van der Waals surface area contributed by atoms with Crippen LogP contribution in [0.5, 0.6) is 0 Å². The van der Waals surface area contributed by atoms with Crippen LogP contribution in [-0.2, 0) is 20.0 Å². The van der Waals surface area contributed by atoms with Gasteiger partial charge in [-0.05, 0) is 36.6 Å². The van der Waals surface area contributed by atoms with Gasteiger partial charge in [0.1, 0.15) is 0 Å². The van der Waals surface area contributed by atoms with Gasteiger partial charge in [0.25, 0.3) is 0 Å². The molecular weight excluding hydrogens is 224 g/mol. The molecule has 1 aromatic carbocycles. The normalized spacial score (nSPS) is 14.6. The molecule has 0 spiro atoms. The Hall–Kier alpha value is -1.97. The van der Waals surface area contributed by atoms with Crippen molar-refractivity contribution >= 4 is 11.4 Å². The van der Waals surface area contributed by atoms with E-state index in [1.165, 1.54) is 23.2 Å². The van der Waals surface area contributed by atoms with Crippen molar-refractivity contribution in [1.29, 1.82) is 0 Å². The highest BCUT2D eigenvalue weighted by molar-refractivity contribution is 5.61. The Labute approximate surface area is 107 Å². The summed E-state index contributed by atoms with van der Waals surface area (Å²) in [6.07, 6.45) is 6.33. The first kappa shape index (κ1) is 11.1. The lowest BCUT2D eigenvalue weighted by atomic mass is 10.0. The van der Waals surface area contributed by atoms with E-state index in [0.717, 1.165) is 25.2 Å². The molecule has 0 fully saturated rings. The van der Waals surface area contributed by atoms with E-state index >= 15 is 0 Å². The zero-order valence-electron chi connectivity index (χ0n) is 10.6. The molecular formula is C14H18N4. The van der Waals surface area contributed by atoms with E-state index in [2.05, 4.69) is 28.3 Å². The van der Waals surface area contributed by atoms with E-state index in [4.69, 9.17) is 5.73 Å². The van der Waals surface area contributed by atoms with E-state index < -0.39 is 0 Å². The van der Waals surface area contributed by atoms with Crippen LogP contribution in [0.1, 0.15) is 17.5 Å². The van der Waals surface area contributed by atoms with Crippen LogP contribution >= 0.6 is 0 Å². The Kier molecular flexibility index (Phi) is 2.70. The highest BCUT2D eigenvalue weighted by Crippen LogP contribution is 2.29. The fraction of sp³-hybridized carbons (Fsp3) is 0.357. The first-order chi connectivity index (χ1) is 8.72. The zero-order valence-corrected chi connectivity index (χ0v) is 10.6. The van der Waals surface area contributed by atoms with Gasteiger partial charge in [0.05, 0.1) is 6.20 Å². The number of aryl methyl sites for hydroxylation is 2. The van der Waals surface area contributed by atoms with Crippen molar-refractivity contribution in [2.75, 3.05) is 17.2 Å². The second-order valence-corrected chi connectivity index (χ2v) is 4.94. The number of anilines is 2. The standard InChI is InChI=1S/C14H18N4/c1-17-9-11(8-16-17)10-18-6-2-3-12-7-13(15)4-5-14(12)18/h4-5,7-9H,2-3,6,10,15H2,1H3. The predicted octanol–water partition coefficient (Wildman–Crippen LogP) is 1.96. The molecule has 0 saturated heterocycles. The molecule has 94 valence electrons. The fourth-order valence-corrected chi connectivity index (χ4v) is 2.63. The topological polar surface area (TPSA) is 47.1 Å². The molecule has 18 heavy (non-hydrogen) atoms. The van der Waals surface area contributed by atoms with E-state index in [1.807, 2.05) is 24.0 Å². The first-order valence-corrected chi connectivity index (χ1v) is 6.33. The van der Waals surface area contributed by atoms with Crippen molar-refractivity contribution in [2.24, 2.45) is 7.05 Å². The van der Waals surface area contributed by atoms with Crippen LogP contribution in [0.15, 0.2) is 30.6 Å². The summed E-state index contributed by atoms with van der Waals surface area (Å²) in [6, 6.07) is 6.23. The lowest BCUT2D eigenvalue weighted by Gasteiger charge is -2.31. The smallest absolute Gasteiger partial charge is 0.0539 e. The van der Waals surface area contributed by atoms with E-state index in [0.29, 0.717) is 0 Å². The maximum absolute atomic E-state index is 5.85. The first-order valence-electron chi connectivity index (χ1n) is 6.33. The minimum atomic E-state index is 0.858. The Morgan fingerprint density at radius 3 is 3.06 bits per heavy atom. The lowest BCUT2D eigenvalue weighted by Crippen LogP contribution is -2.28. The Morgan fingerprint density at radius 1 is 1.39 bits per heavy atom. The monoisotopic (exact) mass is 242 g/mol. The molecule has 1 aliphatic heterocycles. The molecule has 1 aromatic heterocycles. The molecule has 0 bridgehead atoms. The number of hydrogen-bond acceptors (Lipinski definition) is 3. The molecule has 2 heterocycles. The van der Waals surface area contributed by atoms with E-state index in [9.17, 15) is 0 Å². The van der Waals surface area contributed by atoms with Crippen molar-refractivity contribution in [3.8, 4) is 0 Å². The van der Waals surface area contributed by atoms with Crippen molar-refractivity contribution in [1.82, 2.24) is 9.78 Å². The van der Waals surface area contributed by atoms with Gasteiger partial charge in [0, 0.05) is 43.3 Å². The Morgan fingerprint density at radius 2 is 2.28 bits per heavy atom. The molecule has 0 aliphatic carbocycles. The molecule has 2 aromatic rings. The number of aromatic nitrogens is 2. The average molecular weight is 242 g/mol. The van der Waals surface area contributed by atoms with Crippen molar-refractivity contribution in [3.63, 3.8) is 0 Å². The summed E-state index contributed by atoms with van der Waals surface area (Å²) in [5.41, 5.74) is 10.6. The molecule has 0 amide bonds. The van der Waals surface area contributed by atoms with Crippen LogP contribution in [0, 0.1) is 0 Å². The predicted molar refractivity (Wildman–Crippen MR) is 73.4 cm³/mol. The SMILES string of the molecule is Cn1cc(CN2CCCc3cc(N)ccc32)cn1. The molecule has 1 aliphatic rings. The molecule has 4 heteroatoms. The van der Waals surface area contributed by atoms with Crippen LogP contribution in [0.2, 0.25) is 0 Å². The summed E-state index contributed by atoms with van der Waals surface area (Å²) in [5, 5.41) is 4.22. The van der Waals surface area contributed by atoms with Gasteiger partial charge >= 0.3 is 0 Å². The summed E-state index contributed by atoms with van der Waals surface area (Å²) in [7, 11) is 1.95. The van der Waals surface area contributed by atoms with E-state index in [-0.39, 0.29) is 0 Å². The number of fused-ring (bicyclic) bond motifs is 1. The molecule has 4 nitrogen and oxygen atoms in total. The maximum Gasteiger partial charge on any atom is 0.0539 e. The van der Waals surface area contributed by atoms with Crippen molar-refractivity contribution in [3.05, 3.63) is 41.7 Å².